The SMILES string of the molecule is COc1ccc(CSC2C[C@@H](C(=O)N(C)C)N=C2N(C)C)cc1. The smallest absolute Gasteiger partial charge is 0.246 e. The number of benzene rings is 1. The van der Waals surface area contributed by atoms with Crippen molar-refractivity contribution >= 4 is 23.5 Å². The van der Waals surface area contributed by atoms with E-state index in [1.807, 2.05) is 42.9 Å². The van der Waals surface area contributed by atoms with Gasteiger partial charge in [-0.1, -0.05) is 12.1 Å². The molecule has 0 bridgehead atoms. The van der Waals surface area contributed by atoms with E-state index in [4.69, 9.17) is 4.74 Å². The molecule has 0 spiro atoms. The molecule has 6 heteroatoms. The van der Waals surface area contributed by atoms with E-state index in [2.05, 4.69) is 17.1 Å². The molecule has 2 rings (SSSR count). The van der Waals surface area contributed by atoms with E-state index in [1.165, 1.54) is 5.56 Å². The molecule has 2 atom stereocenters. The van der Waals surface area contributed by atoms with Crippen LogP contribution in [0.5, 0.6) is 5.75 Å². The number of likely N-dealkylation sites (N-methyl/N-ethyl adjacent to an activating group) is 1. The lowest BCUT2D eigenvalue weighted by Crippen LogP contribution is -2.32. The van der Waals surface area contributed by atoms with Crippen molar-refractivity contribution in [2.45, 2.75) is 23.5 Å². The number of carbonyl (C=O) groups excluding carboxylic acids is 1. The summed E-state index contributed by atoms with van der Waals surface area (Å²) >= 11 is 1.84. The Morgan fingerprint density at radius 3 is 2.43 bits per heavy atom. The van der Waals surface area contributed by atoms with Gasteiger partial charge in [0.15, 0.2) is 0 Å². The normalized spacial score (nSPS) is 20.1. The maximum atomic E-state index is 12.2. The zero-order chi connectivity index (χ0) is 17.0. The van der Waals surface area contributed by atoms with E-state index in [1.54, 1.807) is 26.1 Å². The van der Waals surface area contributed by atoms with E-state index in [9.17, 15) is 4.79 Å². The molecule has 126 valence electrons. The largest absolute Gasteiger partial charge is 0.497 e. The maximum Gasteiger partial charge on any atom is 0.246 e. The summed E-state index contributed by atoms with van der Waals surface area (Å²) in [5.41, 5.74) is 1.25. The molecule has 5 nitrogen and oxygen atoms in total. The molecule has 0 aliphatic carbocycles. The molecule has 0 radical (unpaired) electrons. The van der Waals surface area contributed by atoms with Crippen molar-refractivity contribution in [2.24, 2.45) is 4.99 Å². The highest BCUT2D eigenvalue weighted by Gasteiger charge is 2.34. The first kappa shape index (κ1) is 17.7. The first-order valence-corrected chi connectivity index (χ1v) is 8.68. The van der Waals surface area contributed by atoms with Gasteiger partial charge in [0.25, 0.3) is 0 Å². The zero-order valence-corrected chi connectivity index (χ0v) is 15.3. The predicted octanol–water partition coefficient (Wildman–Crippen LogP) is 2.12. The summed E-state index contributed by atoms with van der Waals surface area (Å²) in [5.74, 6) is 2.84. The van der Waals surface area contributed by atoms with Gasteiger partial charge in [0, 0.05) is 33.9 Å². The summed E-state index contributed by atoms with van der Waals surface area (Å²) in [6, 6.07) is 7.86. The topological polar surface area (TPSA) is 45.1 Å². The highest BCUT2D eigenvalue weighted by atomic mass is 32.2. The molecule has 0 saturated heterocycles. The number of amidine groups is 1. The van der Waals surface area contributed by atoms with Crippen LogP contribution in [-0.2, 0) is 10.5 Å². The first-order chi connectivity index (χ1) is 10.9. The van der Waals surface area contributed by atoms with E-state index in [0.717, 1.165) is 23.8 Å². The average Bonchev–Trinajstić information content (AvgIpc) is 2.97. The summed E-state index contributed by atoms with van der Waals surface area (Å²) < 4.78 is 5.18. The Morgan fingerprint density at radius 1 is 1.26 bits per heavy atom. The quantitative estimate of drug-likeness (QED) is 0.827. The van der Waals surface area contributed by atoms with Gasteiger partial charge in [0.05, 0.1) is 12.4 Å². The molecule has 1 aliphatic heterocycles. The molecule has 1 aromatic carbocycles. The Balaban J connectivity index is 2.00. The van der Waals surface area contributed by atoms with Crippen molar-refractivity contribution in [1.82, 2.24) is 9.80 Å². The molecule has 0 N–H and O–H groups in total. The van der Waals surface area contributed by atoms with Gasteiger partial charge >= 0.3 is 0 Å². The summed E-state index contributed by atoms with van der Waals surface area (Å²) in [7, 11) is 9.21. The fourth-order valence-corrected chi connectivity index (χ4v) is 3.85. The molecule has 1 amide bonds. The number of hydrogen-bond acceptors (Lipinski definition) is 5. The maximum absolute atomic E-state index is 12.2. The molecule has 1 unspecified atom stereocenters. The Morgan fingerprint density at radius 2 is 1.91 bits per heavy atom. The van der Waals surface area contributed by atoms with Crippen LogP contribution in [0.4, 0.5) is 0 Å². The molecule has 1 aliphatic rings. The van der Waals surface area contributed by atoms with Crippen LogP contribution in [0.25, 0.3) is 0 Å². The lowest BCUT2D eigenvalue weighted by atomic mass is 10.2. The number of thioether (sulfide) groups is 1. The summed E-state index contributed by atoms with van der Waals surface area (Å²) in [6.07, 6.45) is 0.769. The number of aliphatic imine (C=N–C) groups is 1. The van der Waals surface area contributed by atoms with Gasteiger partial charge in [-0.15, -0.1) is 11.8 Å². The predicted molar refractivity (Wildman–Crippen MR) is 96.3 cm³/mol. The Hall–Kier alpha value is -1.69. The Kier molecular flexibility index (Phi) is 5.93. The van der Waals surface area contributed by atoms with Gasteiger partial charge in [-0.3, -0.25) is 9.79 Å². The number of carbonyl (C=O) groups is 1. The molecule has 0 saturated carbocycles. The van der Waals surface area contributed by atoms with Gasteiger partial charge in [0.1, 0.15) is 17.6 Å². The summed E-state index contributed by atoms with van der Waals surface area (Å²) in [4.78, 5) is 20.5. The number of nitrogens with zero attached hydrogens (tertiary/aromatic N) is 3. The minimum atomic E-state index is -0.254. The first-order valence-electron chi connectivity index (χ1n) is 7.63. The molecule has 1 aromatic rings. The van der Waals surface area contributed by atoms with E-state index in [0.29, 0.717) is 0 Å². The van der Waals surface area contributed by atoms with Crippen LogP contribution >= 0.6 is 11.8 Å². The fourth-order valence-electron chi connectivity index (χ4n) is 2.52. The van der Waals surface area contributed by atoms with E-state index in [-0.39, 0.29) is 17.2 Å². The Bertz CT molecular complexity index is 570. The third kappa shape index (κ3) is 4.41. The molecule has 0 fully saturated rings. The second-order valence-corrected chi connectivity index (χ2v) is 7.20. The standard InChI is InChI=1S/C17H25N3O2S/c1-19(2)16-15(10-14(18-16)17(21)20(3)4)23-11-12-6-8-13(22-5)9-7-12/h6-9,14-15H,10-11H2,1-5H3/t14-,15?/m0/s1. The Labute approximate surface area is 142 Å². The molecule has 23 heavy (non-hydrogen) atoms. The average molecular weight is 335 g/mol. The van der Waals surface area contributed by atoms with Gasteiger partial charge in [0.2, 0.25) is 5.91 Å². The van der Waals surface area contributed by atoms with Gasteiger partial charge in [-0.2, -0.15) is 0 Å². The molecular formula is C17H25N3O2S. The number of rotatable bonds is 5. The van der Waals surface area contributed by atoms with Crippen molar-refractivity contribution in [3.63, 3.8) is 0 Å². The third-order valence-corrected chi connectivity index (χ3v) is 5.11. The van der Waals surface area contributed by atoms with Crippen LogP contribution in [0, 0.1) is 0 Å². The second-order valence-electron chi connectivity index (χ2n) is 6.01. The number of hydrogen-bond donors (Lipinski definition) is 0. The van der Waals surface area contributed by atoms with Crippen LogP contribution in [0.15, 0.2) is 29.3 Å². The van der Waals surface area contributed by atoms with Crippen molar-refractivity contribution in [3.05, 3.63) is 29.8 Å². The van der Waals surface area contributed by atoms with Gasteiger partial charge in [-0.05, 0) is 24.1 Å². The van der Waals surface area contributed by atoms with Crippen molar-refractivity contribution < 1.29 is 9.53 Å². The van der Waals surface area contributed by atoms with E-state index >= 15 is 0 Å². The van der Waals surface area contributed by atoms with Crippen LogP contribution in [0.3, 0.4) is 0 Å². The highest BCUT2D eigenvalue weighted by Crippen LogP contribution is 2.30. The fraction of sp³-hybridized carbons (Fsp3) is 0.529. The number of methoxy groups -OCH3 is 1. The van der Waals surface area contributed by atoms with Crippen LogP contribution in [0.2, 0.25) is 0 Å². The van der Waals surface area contributed by atoms with Crippen LogP contribution < -0.4 is 4.74 Å². The minimum absolute atomic E-state index is 0.0805. The lowest BCUT2D eigenvalue weighted by Gasteiger charge is -2.19. The van der Waals surface area contributed by atoms with Gasteiger partial charge in [-0.25, -0.2) is 0 Å². The third-order valence-electron chi connectivity index (χ3n) is 3.81. The van der Waals surface area contributed by atoms with Crippen LogP contribution in [0.1, 0.15) is 12.0 Å². The van der Waals surface area contributed by atoms with Gasteiger partial charge < -0.3 is 14.5 Å². The van der Waals surface area contributed by atoms with Crippen molar-refractivity contribution in [2.75, 3.05) is 35.3 Å². The molecule has 0 aromatic heterocycles. The lowest BCUT2D eigenvalue weighted by molar-refractivity contribution is -0.129. The summed E-state index contributed by atoms with van der Waals surface area (Å²) in [6.45, 7) is 0. The second kappa shape index (κ2) is 7.73. The number of amides is 1. The minimum Gasteiger partial charge on any atom is -0.497 e. The highest BCUT2D eigenvalue weighted by molar-refractivity contribution is 7.99. The number of ether oxygens (including phenoxy) is 1. The summed E-state index contributed by atoms with van der Waals surface area (Å²) in [5, 5.41) is 0.251. The van der Waals surface area contributed by atoms with Crippen molar-refractivity contribution in [3.8, 4) is 5.75 Å². The zero-order valence-electron chi connectivity index (χ0n) is 14.4. The monoisotopic (exact) mass is 335 g/mol. The van der Waals surface area contributed by atoms with E-state index < -0.39 is 0 Å². The molecular weight excluding hydrogens is 310 g/mol. The van der Waals surface area contributed by atoms with Crippen LogP contribution in [-0.4, -0.2) is 68.1 Å². The van der Waals surface area contributed by atoms with Crippen molar-refractivity contribution in [1.29, 1.82) is 0 Å². The molecule has 1 heterocycles.